The number of fused-ring (bicyclic) bond motifs is 1. The van der Waals surface area contributed by atoms with Gasteiger partial charge in [0.2, 0.25) is 0 Å². The maximum Gasteiger partial charge on any atom is 0.325 e. The minimum absolute atomic E-state index is 0.0365. The van der Waals surface area contributed by atoms with Gasteiger partial charge in [0.15, 0.2) is 0 Å². The number of rotatable bonds is 2. The lowest BCUT2D eigenvalue weighted by Gasteiger charge is -2.32. The zero-order chi connectivity index (χ0) is 15.0. The van der Waals surface area contributed by atoms with Crippen molar-refractivity contribution in [1.82, 2.24) is 9.88 Å². The maximum atomic E-state index is 12.0. The van der Waals surface area contributed by atoms with Crippen molar-refractivity contribution in [2.24, 2.45) is 5.73 Å². The van der Waals surface area contributed by atoms with Crippen LogP contribution in [0.15, 0.2) is 36.5 Å². The molecule has 0 atom stereocenters. The van der Waals surface area contributed by atoms with Crippen molar-refractivity contribution >= 4 is 11.8 Å². The zero-order valence-electron chi connectivity index (χ0n) is 12.2. The Morgan fingerprint density at radius 1 is 1.19 bits per heavy atom. The summed E-state index contributed by atoms with van der Waals surface area (Å²) in [5, 5.41) is 0. The molecule has 1 aliphatic heterocycles. The van der Waals surface area contributed by atoms with Gasteiger partial charge in [-0.15, -0.1) is 0 Å². The van der Waals surface area contributed by atoms with Crippen LogP contribution in [0.2, 0.25) is 0 Å². The van der Waals surface area contributed by atoms with Gasteiger partial charge in [-0.05, 0) is 22.8 Å². The summed E-state index contributed by atoms with van der Waals surface area (Å²) in [6.45, 7) is 1.11. The Morgan fingerprint density at radius 2 is 1.90 bits per heavy atom. The third kappa shape index (κ3) is 2.25. The Hall–Kier alpha value is -2.40. The Labute approximate surface area is 124 Å². The van der Waals surface area contributed by atoms with E-state index >= 15 is 0 Å². The topological polar surface area (TPSA) is 62.5 Å². The van der Waals surface area contributed by atoms with E-state index in [9.17, 15) is 4.79 Å². The molecule has 2 N–H and O–H groups in total. The predicted octanol–water partition coefficient (Wildman–Crippen LogP) is 2.21. The molecule has 21 heavy (non-hydrogen) atoms. The highest BCUT2D eigenvalue weighted by molar-refractivity contribution is 5.94. The first-order chi connectivity index (χ1) is 10.1. The van der Waals surface area contributed by atoms with Gasteiger partial charge in [-0.1, -0.05) is 24.3 Å². The number of pyridine rings is 1. The van der Waals surface area contributed by atoms with Crippen molar-refractivity contribution in [3.05, 3.63) is 47.7 Å². The molecule has 0 saturated carbocycles. The molecule has 2 amide bonds. The minimum atomic E-state index is -0.0365. The van der Waals surface area contributed by atoms with Crippen LogP contribution in [-0.4, -0.2) is 30.0 Å². The molecule has 0 fully saturated rings. The molecule has 5 heteroatoms. The quantitative estimate of drug-likeness (QED) is 0.918. The van der Waals surface area contributed by atoms with Gasteiger partial charge < -0.3 is 10.6 Å². The van der Waals surface area contributed by atoms with Gasteiger partial charge >= 0.3 is 6.03 Å². The average molecular weight is 282 g/mol. The summed E-state index contributed by atoms with van der Waals surface area (Å²) in [5.74, 6) is 0.735. The average Bonchev–Trinajstić information content (AvgIpc) is 2.52. The first kappa shape index (κ1) is 13.6. The lowest BCUT2D eigenvalue weighted by molar-refractivity contribution is 0.212. The summed E-state index contributed by atoms with van der Waals surface area (Å²) in [6.07, 6.45) is 1.75. The summed E-state index contributed by atoms with van der Waals surface area (Å²) >= 11 is 0. The number of carbonyl (C=O) groups is 1. The van der Waals surface area contributed by atoms with Crippen LogP contribution in [0.25, 0.3) is 11.1 Å². The lowest BCUT2D eigenvalue weighted by Crippen LogP contribution is -2.43. The summed E-state index contributed by atoms with van der Waals surface area (Å²) in [4.78, 5) is 19.7. The van der Waals surface area contributed by atoms with Crippen LogP contribution in [0.1, 0.15) is 11.1 Å². The molecule has 0 radical (unpaired) electrons. The molecule has 1 aliphatic rings. The van der Waals surface area contributed by atoms with E-state index in [1.165, 1.54) is 0 Å². The van der Waals surface area contributed by atoms with Crippen LogP contribution in [0, 0.1) is 0 Å². The molecular formula is C16H18N4O. The molecular weight excluding hydrogens is 264 g/mol. The summed E-state index contributed by atoms with van der Waals surface area (Å²) < 4.78 is 0. The van der Waals surface area contributed by atoms with Crippen molar-refractivity contribution in [1.29, 1.82) is 0 Å². The number of nitrogens with two attached hydrogens (primary N) is 1. The second kappa shape index (κ2) is 5.18. The fourth-order valence-electron chi connectivity index (χ4n) is 2.67. The van der Waals surface area contributed by atoms with Gasteiger partial charge in [0.25, 0.3) is 0 Å². The van der Waals surface area contributed by atoms with Crippen molar-refractivity contribution in [2.75, 3.05) is 19.0 Å². The largest absolute Gasteiger partial charge is 0.326 e. The highest BCUT2D eigenvalue weighted by Gasteiger charge is 2.28. The Bertz CT molecular complexity index is 681. The van der Waals surface area contributed by atoms with E-state index in [1.54, 1.807) is 30.1 Å². The number of nitrogens with zero attached hydrogens (tertiary/aromatic N) is 3. The van der Waals surface area contributed by atoms with E-state index in [2.05, 4.69) is 17.1 Å². The minimum Gasteiger partial charge on any atom is -0.326 e. The monoisotopic (exact) mass is 282 g/mol. The van der Waals surface area contributed by atoms with Crippen molar-refractivity contribution in [3.8, 4) is 11.1 Å². The third-order valence-electron chi connectivity index (χ3n) is 3.86. The maximum absolute atomic E-state index is 12.0. The number of aromatic nitrogens is 1. The molecule has 0 aliphatic carbocycles. The van der Waals surface area contributed by atoms with E-state index in [1.807, 2.05) is 18.2 Å². The Balaban J connectivity index is 2.10. The number of urea groups is 1. The van der Waals surface area contributed by atoms with E-state index in [-0.39, 0.29) is 6.03 Å². The number of anilines is 1. The number of amides is 2. The van der Waals surface area contributed by atoms with Crippen LogP contribution < -0.4 is 10.6 Å². The fourth-order valence-corrected chi connectivity index (χ4v) is 2.67. The van der Waals surface area contributed by atoms with E-state index < -0.39 is 0 Å². The lowest BCUT2D eigenvalue weighted by atomic mass is 9.98. The van der Waals surface area contributed by atoms with Crippen molar-refractivity contribution in [2.45, 2.75) is 13.1 Å². The van der Waals surface area contributed by atoms with E-state index in [4.69, 9.17) is 5.73 Å². The predicted molar refractivity (Wildman–Crippen MR) is 82.8 cm³/mol. The summed E-state index contributed by atoms with van der Waals surface area (Å²) in [6, 6.07) is 10.1. The first-order valence-electron chi connectivity index (χ1n) is 6.88. The fraction of sp³-hybridized carbons (Fsp3) is 0.250. The van der Waals surface area contributed by atoms with Crippen LogP contribution >= 0.6 is 0 Å². The molecule has 2 heterocycles. The normalized spacial score (nSPS) is 14.3. The van der Waals surface area contributed by atoms with Crippen LogP contribution in [0.4, 0.5) is 10.6 Å². The zero-order valence-corrected chi connectivity index (χ0v) is 12.2. The highest BCUT2D eigenvalue weighted by Crippen LogP contribution is 2.33. The first-order valence-corrected chi connectivity index (χ1v) is 6.88. The third-order valence-corrected chi connectivity index (χ3v) is 3.86. The second-order valence-corrected chi connectivity index (χ2v) is 5.26. The molecule has 0 saturated heterocycles. The van der Waals surface area contributed by atoms with Gasteiger partial charge in [-0.25, -0.2) is 9.78 Å². The second-order valence-electron chi connectivity index (χ2n) is 5.26. The van der Waals surface area contributed by atoms with E-state index in [0.29, 0.717) is 13.1 Å². The molecule has 5 nitrogen and oxygen atoms in total. The number of benzene rings is 1. The molecule has 0 bridgehead atoms. The smallest absolute Gasteiger partial charge is 0.325 e. The van der Waals surface area contributed by atoms with Gasteiger partial charge in [0.05, 0.1) is 6.54 Å². The van der Waals surface area contributed by atoms with Crippen molar-refractivity contribution < 1.29 is 4.79 Å². The molecule has 1 aromatic carbocycles. The number of hydrogen-bond donors (Lipinski definition) is 1. The van der Waals surface area contributed by atoms with Crippen LogP contribution in [0.5, 0.6) is 0 Å². The van der Waals surface area contributed by atoms with Gasteiger partial charge in [-0.2, -0.15) is 0 Å². The molecule has 0 unspecified atom stereocenters. The molecule has 108 valence electrons. The van der Waals surface area contributed by atoms with E-state index in [0.717, 1.165) is 28.1 Å². The molecule has 0 spiro atoms. The Kier molecular flexibility index (Phi) is 3.35. The summed E-state index contributed by atoms with van der Waals surface area (Å²) in [7, 11) is 3.56. The highest BCUT2D eigenvalue weighted by atomic mass is 16.2. The van der Waals surface area contributed by atoms with Crippen molar-refractivity contribution in [3.63, 3.8) is 0 Å². The van der Waals surface area contributed by atoms with Crippen LogP contribution in [-0.2, 0) is 13.1 Å². The number of carbonyl (C=O) groups excluding carboxylic acids is 1. The summed E-state index contributed by atoms with van der Waals surface area (Å²) in [5.41, 5.74) is 10.0. The SMILES string of the molecule is CN1Cc2c(-c3ccc(CN)cc3)ccnc2N(C)C1=O. The van der Waals surface area contributed by atoms with Gasteiger partial charge in [0.1, 0.15) is 5.82 Å². The molecule has 3 rings (SSSR count). The Morgan fingerprint density at radius 3 is 2.57 bits per heavy atom. The number of hydrogen-bond acceptors (Lipinski definition) is 3. The molecule has 1 aromatic heterocycles. The van der Waals surface area contributed by atoms with Gasteiger partial charge in [-0.3, -0.25) is 4.90 Å². The van der Waals surface area contributed by atoms with Crippen LogP contribution in [0.3, 0.4) is 0 Å². The molecule has 2 aromatic rings. The van der Waals surface area contributed by atoms with Gasteiger partial charge in [0, 0.05) is 32.4 Å². The standard InChI is InChI=1S/C16H18N4O/c1-19-10-14-13(12-5-3-11(9-17)4-6-12)7-8-18-15(14)20(2)16(19)21/h3-8H,9-10,17H2,1-2H3.